The molecule has 17 heavy (non-hydrogen) atoms. The zero-order chi connectivity index (χ0) is 12.7. The molecule has 0 aromatic rings. The minimum absolute atomic E-state index is 0.103. The Balaban J connectivity index is 1.96. The predicted molar refractivity (Wildman–Crippen MR) is 67.6 cm³/mol. The summed E-state index contributed by atoms with van der Waals surface area (Å²) in [4.78, 5) is 0. The molecule has 0 aromatic carbocycles. The van der Waals surface area contributed by atoms with Gasteiger partial charge in [-0.15, -0.1) is 0 Å². The lowest BCUT2D eigenvalue weighted by atomic mass is 10.0. The van der Waals surface area contributed by atoms with Crippen molar-refractivity contribution in [3.8, 4) is 0 Å². The maximum atomic E-state index is 12.2. The van der Waals surface area contributed by atoms with Gasteiger partial charge in [0, 0.05) is 19.1 Å². The van der Waals surface area contributed by atoms with Crippen LogP contribution in [-0.4, -0.2) is 38.4 Å². The fraction of sp³-hybridized carbons (Fsp3) is 1.00. The molecule has 0 bridgehead atoms. The van der Waals surface area contributed by atoms with Crippen LogP contribution in [0.3, 0.4) is 0 Å². The molecule has 1 saturated carbocycles. The molecule has 2 unspecified atom stereocenters. The number of nitrogens with one attached hydrogen (secondary N) is 1. The molecule has 0 amide bonds. The van der Waals surface area contributed by atoms with E-state index in [-0.39, 0.29) is 11.5 Å². The van der Waals surface area contributed by atoms with Crippen molar-refractivity contribution in [1.82, 2.24) is 9.03 Å². The molecule has 2 aliphatic rings. The number of hydrogen-bond donors (Lipinski definition) is 2. The van der Waals surface area contributed by atoms with Crippen molar-refractivity contribution >= 4 is 10.2 Å². The van der Waals surface area contributed by atoms with E-state index in [4.69, 9.17) is 5.73 Å². The highest BCUT2D eigenvalue weighted by Gasteiger charge is 2.48. The van der Waals surface area contributed by atoms with Crippen LogP contribution < -0.4 is 10.5 Å². The van der Waals surface area contributed by atoms with Gasteiger partial charge in [-0.3, -0.25) is 0 Å². The second-order valence-electron chi connectivity index (χ2n) is 5.97. The van der Waals surface area contributed by atoms with Gasteiger partial charge in [-0.1, -0.05) is 13.8 Å². The predicted octanol–water partition coefficient (Wildman–Crippen LogP) is 0.290. The van der Waals surface area contributed by atoms with E-state index in [1.165, 1.54) is 0 Å². The second kappa shape index (κ2) is 4.50. The van der Waals surface area contributed by atoms with E-state index < -0.39 is 10.2 Å². The Bertz CT molecular complexity index is 380. The minimum atomic E-state index is -3.31. The van der Waals surface area contributed by atoms with E-state index in [0.717, 1.165) is 19.3 Å². The molecule has 6 heteroatoms. The summed E-state index contributed by atoms with van der Waals surface area (Å²) in [5, 5.41) is 0. The molecule has 1 aliphatic heterocycles. The second-order valence-corrected chi connectivity index (χ2v) is 7.67. The molecule has 1 heterocycles. The molecule has 2 rings (SSSR count). The zero-order valence-corrected chi connectivity index (χ0v) is 11.5. The third-order valence-corrected chi connectivity index (χ3v) is 5.55. The maximum Gasteiger partial charge on any atom is 0.279 e. The first-order chi connectivity index (χ1) is 7.85. The van der Waals surface area contributed by atoms with Crippen molar-refractivity contribution in [2.45, 2.75) is 39.2 Å². The van der Waals surface area contributed by atoms with Crippen LogP contribution in [0, 0.1) is 11.3 Å². The summed E-state index contributed by atoms with van der Waals surface area (Å²) in [5.41, 5.74) is 5.74. The average molecular weight is 261 g/mol. The first-order valence-corrected chi connectivity index (χ1v) is 7.76. The van der Waals surface area contributed by atoms with E-state index >= 15 is 0 Å². The average Bonchev–Trinajstić information content (AvgIpc) is 2.85. The summed E-state index contributed by atoms with van der Waals surface area (Å²) in [6.45, 7) is 5.93. The van der Waals surface area contributed by atoms with E-state index in [9.17, 15) is 8.42 Å². The summed E-state index contributed by atoms with van der Waals surface area (Å²) in [6.07, 6.45) is 2.88. The summed E-state index contributed by atoms with van der Waals surface area (Å²) >= 11 is 0. The first-order valence-electron chi connectivity index (χ1n) is 6.32. The number of piperidine rings is 1. The number of hydrogen-bond acceptors (Lipinski definition) is 3. The third-order valence-electron chi connectivity index (χ3n) is 3.96. The lowest BCUT2D eigenvalue weighted by molar-refractivity contribution is 0.268. The monoisotopic (exact) mass is 261 g/mol. The van der Waals surface area contributed by atoms with Crippen LogP contribution in [0.25, 0.3) is 0 Å². The molecular formula is C11H23N3O2S. The van der Waals surface area contributed by atoms with Gasteiger partial charge < -0.3 is 5.73 Å². The lowest BCUT2D eigenvalue weighted by Gasteiger charge is -2.31. The van der Waals surface area contributed by atoms with Crippen molar-refractivity contribution in [3.63, 3.8) is 0 Å². The van der Waals surface area contributed by atoms with Crippen molar-refractivity contribution in [1.29, 1.82) is 0 Å². The Kier molecular flexibility index (Phi) is 3.51. The Morgan fingerprint density at radius 2 is 2.12 bits per heavy atom. The fourth-order valence-electron chi connectivity index (χ4n) is 2.36. The van der Waals surface area contributed by atoms with Gasteiger partial charge in [0.2, 0.25) is 0 Å². The minimum Gasteiger partial charge on any atom is -0.330 e. The van der Waals surface area contributed by atoms with Crippen molar-refractivity contribution in [3.05, 3.63) is 0 Å². The highest BCUT2D eigenvalue weighted by atomic mass is 32.2. The largest absolute Gasteiger partial charge is 0.330 e. The Morgan fingerprint density at radius 3 is 2.65 bits per heavy atom. The highest BCUT2D eigenvalue weighted by Crippen LogP contribution is 2.45. The highest BCUT2D eigenvalue weighted by molar-refractivity contribution is 7.87. The Morgan fingerprint density at radius 1 is 1.47 bits per heavy atom. The maximum absolute atomic E-state index is 12.2. The Labute approximate surface area is 104 Å². The van der Waals surface area contributed by atoms with E-state index in [0.29, 0.717) is 25.6 Å². The van der Waals surface area contributed by atoms with Gasteiger partial charge in [0.1, 0.15) is 0 Å². The molecule has 0 aromatic heterocycles. The SMILES string of the molecule is CC1(C)CC1NS(=O)(=O)N1CCCC(CN)C1. The molecular weight excluding hydrogens is 238 g/mol. The standard InChI is InChI=1S/C11H23N3O2S/c1-11(2)6-10(11)13-17(15,16)14-5-3-4-9(7-12)8-14/h9-10,13H,3-8,12H2,1-2H3. The molecule has 1 aliphatic carbocycles. The molecule has 5 nitrogen and oxygen atoms in total. The molecule has 1 saturated heterocycles. The van der Waals surface area contributed by atoms with E-state index in [1.54, 1.807) is 4.31 Å². The van der Waals surface area contributed by atoms with Gasteiger partial charge >= 0.3 is 0 Å². The molecule has 0 radical (unpaired) electrons. The zero-order valence-electron chi connectivity index (χ0n) is 10.6. The summed E-state index contributed by atoms with van der Waals surface area (Å²) in [7, 11) is -3.31. The number of nitrogens with zero attached hydrogens (tertiary/aromatic N) is 1. The molecule has 100 valence electrons. The molecule has 2 atom stereocenters. The third kappa shape index (κ3) is 2.99. The van der Waals surface area contributed by atoms with Crippen LogP contribution in [0.1, 0.15) is 33.1 Å². The van der Waals surface area contributed by atoms with Gasteiger partial charge in [-0.2, -0.15) is 17.4 Å². The van der Waals surface area contributed by atoms with Gasteiger partial charge in [0.15, 0.2) is 0 Å². The van der Waals surface area contributed by atoms with Crippen LogP contribution in [0.2, 0.25) is 0 Å². The fourth-order valence-corrected chi connectivity index (χ4v) is 4.05. The van der Waals surface area contributed by atoms with E-state index in [1.807, 2.05) is 0 Å². The van der Waals surface area contributed by atoms with Crippen molar-refractivity contribution in [2.24, 2.45) is 17.1 Å². The van der Waals surface area contributed by atoms with Gasteiger partial charge in [-0.25, -0.2) is 0 Å². The lowest BCUT2D eigenvalue weighted by Crippen LogP contribution is -2.48. The van der Waals surface area contributed by atoms with Gasteiger partial charge in [-0.05, 0) is 37.1 Å². The van der Waals surface area contributed by atoms with Crippen LogP contribution in [0.15, 0.2) is 0 Å². The normalized spacial score (nSPS) is 33.6. The van der Waals surface area contributed by atoms with Crippen LogP contribution in [0.5, 0.6) is 0 Å². The van der Waals surface area contributed by atoms with Crippen LogP contribution in [-0.2, 0) is 10.2 Å². The summed E-state index contributed by atoms with van der Waals surface area (Å²) in [5.74, 6) is 0.313. The molecule has 0 spiro atoms. The number of rotatable bonds is 4. The van der Waals surface area contributed by atoms with Crippen molar-refractivity contribution < 1.29 is 8.42 Å². The smallest absolute Gasteiger partial charge is 0.279 e. The topological polar surface area (TPSA) is 75.4 Å². The van der Waals surface area contributed by atoms with Gasteiger partial charge in [0.25, 0.3) is 10.2 Å². The summed E-state index contributed by atoms with van der Waals surface area (Å²) < 4.78 is 28.7. The van der Waals surface area contributed by atoms with Crippen LogP contribution in [0.4, 0.5) is 0 Å². The van der Waals surface area contributed by atoms with Gasteiger partial charge in [0.05, 0.1) is 0 Å². The Hall–Kier alpha value is -0.170. The van der Waals surface area contributed by atoms with E-state index in [2.05, 4.69) is 18.6 Å². The van der Waals surface area contributed by atoms with Crippen molar-refractivity contribution in [2.75, 3.05) is 19.6 Å². The number of nitrogens with two attached hydrogens (primary N) is 1. The summed E-state index contributed by atoms with van der Waals surface area (Å²) in [6, 6.07) is 0.103. The quantitative estimate of drug-likeness (QED) is 0.764. The molecule has 2 fully saturated rings. The molecule has 3 N–H and O–H groups in total. The first kappa shape index (κ1) is 13.3. The van der Waals surface area contributed by atoms with Crippen LogP contribution >= 0.6 is 0 Å².